The van der Waals surface area contributed by atoms with Crippen LogP contribution in [0.4, 0.5) is 0 Å². The topological polar surface area (TPSA) is 86.7 Å². The maximum absolute atomic E-state index is 11.8. The van der Waals surface area contributed by atoms with Gasteiger partial charge in [-0.05, 0) is 18.4 Å². The van der Waals surface area contributed by atoms with Crippen molar-refractivity contribution in [3.05, 3.63) is 22.4 Å². The fourth-order valence-corrected chi connectivity index (χ4v) is 2.27. The molecule has 0 aromatic carbocycles. The van der Waals surface area contributed by atoms with Crippen LogP contribution in [-0.2, 0) is 9.59 Å². The first-order chi connectivity index (χ1) is 9.54. The SMILES string of the molecule is CCN(CCC(=O)O)C(=O)CCNC(=O)c1cccs1. The lowest BCUT2D eigenvalue weighted by molar-refractivity contribution is -0.138. The summed E-state index contributed by atoms with van der Waals surface area (Å²) in [5.41, 5.74) is 0. The van der Waals surface area contributed by atoms with Gasteiger partial charge in [0.05, 0.1) is 11.3 Å². The van der Waals surface area contributed by atoms with Gasteiger partial charge in [0.1, 0.15) is 0 Å². The van der Waals surface area contributed by atoms with Crippen molar-refractivity contribution in [1.29, 1.82) is 0 Å². The number of carboxylic acids is 1. The van der Waals surface area contributed by atoms with Gasteiger partial charge in [-0.3, -0.25) is 14.4 Å². The molecule has 20 heavy (non-hydrogen) atoms. The third-order valence-electron chi connectivity index (χ3n) is 2.70. The zero-order valence-electron chi connectivity index (χ0n) is 11.3. The number of thiophene rings is 1. The Morgan fingerprint density at radius 2 is 2.10 bits per heavy atom. The number of nitrogens with one attached hydrogen (secondary N) is 1. The summed E-state index contributed by atoms with van der Waals surface area (Å²) in [5, 5.41) is 13.1. The molecule has 0 saturated heterocycles. The second kappa shape index (κ2) is 8.31. The van der Waals surface area contributed by atoms with Crippen molar-refractivity contribution in [1.82, 2.24) is 10.2 Å². The fourth-order valence-electron chi connectivity index (χ4n) is 1.63. The predicted octanol–water partition coefficient (Wildman–Crippen LogP) is 1.19. The number of hydrogen-bond donors (Lipinski definition) is 2. The minimum Gasteiger partial charge on any atom is -0.481 e. The summed E-state index contributed by atoms with van der Waals surface area (Å²) in [6.45, 7) is 2.71. The molecule has 110 valence electrons. The lowest BCUT2D eigenvalue weighted by Crippen LogP contribution is -2.35. The van der Waals surface area contributed by atoms with Gasteiger partial charge in [-0.25, -0.2) is 0 Å². The average molecular weight is 298 g/mol. The molecule has 1 rings (SSSR count). The predicted molar refractivity (Wildman–Crippen MR) is 75.8 cm³/mol. The first kappa shape index (κ1) is 16.2. The summed E-state index contributed by atoms with van der Waals surface area (Å²) in [7, 11) is 0. The second-order valence-electron chi connectivity index (χ2n) is 4.10. The molecule has 6 nitrogen and oxygen atoms in total. The monoisotopic (exact) mass is 298 g/mol. The van der Waals surface area contributed by atoms with E-state index in [1.165, 1.54) is 16.2 Å². The van der Waals surface area contributed by atoms with E-state index in [0.29, 0.717) is 11.4 Å². The van der Waals surface area contributed by atoms with E-state index in [0.717, 1.165) is 0 Å². The number of carboxylic acid groups (broad SMARTS) is 1. The van der Waals surface area contributed by atoms with Crippen LogP contribution in [0.3, 0.4) is 0 Å². The van der Waals surface area contributed by atoms with Gasteiger partial charge < -0.3 is 15.3 Å². The number of amides is 2. The summed E-state index contributed by atoms with van der Waals surface area (Å²) in [6.07, 6.45) is 0.103. The summed E-state index contributed by atoms with van der Waals surface area (Å²) in [5.74, 6) is -1.27. The zero-order valence-corrected chi connectivity index (χ0v) is 12.1. The van der Waals surface area contributed by atoms with Gasteiger partial charge in [-0.1, -0.05) is 6.07 Å². The second-order valence-corrected chi connectivity index (χ2v) is 5.05. The first-order valence-corrected chi connectivity index (χ1v) is 7.23. The Kier molecular flexibility index (Phi) is 6.72. The van der Waals surface area contributed by atoms with Crippen molar-refractivity contribution < 1.29 is 19.5 Å². The van der Waals surface area contributed by atoms with Crippen LogP contribution in [0.25, 0.3) is 0 Å². The molecule has 2 N–H and O–H groups in total. The molecule has 0 bridgehead atoms. The van der Waals surface area contributed by atoms with Gasteiger partial charge in [-0.2, -0.15) is 0 Å². The van der Waals surface area contributed by atoms with Crippen molar-refractivity contribution in [2.45, 2.75) is 19.8 Å². The molecule has 0 unspecified atom stereocenters. The van der Waals surface area contributed by atoms with E-state index in [2.05, 4.69) is 5.32 Å². The summed E-state index contributed by atoms with van der Waals surface area (Å²) in [4.78, 5) is 36.0. The van der Waals surface area contributed by atoms with Crippen molar-refractivity contribution in [2.75, 3.05) is 19.6 Å². The Morgan fingerprint density at radius 3 is 2.65 bits per heavy atom. The average Bonchev–Trinajstić information content (AvgIpc) is 2.93. The Hall–Kier alpha value is -1.89. The van der Waals surface area contributed by atoms with Gasteiger partial charge in [-0.15, -0.1) is 11.3 Å². The van der Waals surface area contributed by atoms with Gasteiger partial charge in [0.15, 0.2) is 0 Å². The molecule has 1 heterocycles. The van der Waals surface area contributed by atoms with Crippen LogP contribution in [0.2, 0.25) is 0 Å². The molecule has 0 aliphatic carbocycles. The molecule has 0 saturated carbocycles. The van der Waals surface area contributed by atoms with E-state index >= 15 is 0 Å². The lowest BCUT2D eigenvalue weighted by Gasteiger charge is -2.19. The van der Waals surface area contributed by atoms with Crippen molar-refractivity contribution >= 4 is 29.1 Å². The standard InChI is InChI=1S/C13H18N2O4S/c1-2-15(8-6-12(17)18)11(16)5-7-14-13(19)10-4-3-9-20-10/h3-4,9H,2,5-8H2,1H3,(H,14,19)(H,17,18). The van der Waals surface area contributed by atoms with E-state index in [1.807, 2.05) is 5.38 Å². The molecule has 2 amide bonds. The van der Waals surface area contributed by atoms with E-state index in [9.17, 15) is 14.4 Å². The van der Waals surface area contributed by atoms with E-state index in [-0.39, 0.29) is 37.7 Å². The highest BCUT2D eigenvalue weighted by atomic mass is 32.1. The molecule has 1 aromatic heterocycles. The summed E-state index contributed by atoms with van der Waals surface area (Å²) in [6, 6.07) is 3.50. The van der Waals surface area contributed by atoms with Crippen molar-refractivity contribution in [3.8, 4) is 0 Å². The molecule has 0 radical (unpaired) electrons. The number of carbonyl (C=O) groups is 3. The quantitative estimate of drug-likeness (QED) is 0.755. The van der Waals surface area contributed by atoms with Gasteiger partial charge in [0.2, 0.25) is 5.91 Å². The number of aliphatic carboxylic acids is 1. The third kappa shape index (κ3) is 5.40. The molecule has 0 spiro atoms. The first-order valence-electron chi connectivity index (χ1n) is 6.35. The highest BCUT2D eigenvalue weighted by molar-refractivity contribution is 7.12. The highest BCUT2D eigenvalue weighted by Gasteiger charge is 2.13. The third-order valence-corrected chi connectivity index (χ3v) is 3.57. The number of hydrogen-bond acceptors (Lipinski definition) is 4. The Morgan fingerprint density at radius 1 is 1.35 bits per heavy atom. The molecular weight excluding hydrogens is 280 g/mol. The molecule has 1 aromatic rings. The Bertz CT molecular complexity index is 459. The Balaban J connectivity index is 2.30. The minimum absolute atomic E-state index is 0.0683. The largest absolute Gasteiger partial charge is 0.481 e. The van der Waals surface area contributed by atoms with Crippen molar-refractivity contribution in [2.24, 2.45) is 0 Å². The number of nitrogens with zero attached hydrogens (tertiary/aromatic N) is 1. The van der Waals surface area contributed by atoms with Crippen LogP contribution in [-0.4, -0.2) is 47.4 Å². The number of carbonyl (C=O) groups excluding carboxylic acids is 2. The maximum atomic E-state index is 11.8. The normalized spacial score (nSPS) is 10.1. The lowest BCUT2D eigenvalue weighted by atomic mass is 10.3. The van der Waals surface area contributed by atoms with Gasteiger partial charge in [0, 0.05) is 26.1 Å². The molecule has 0 atom stereocenters. The van der Waals surface area contributed by atoms with Crippen LogP contribution in [0.1, 0.15) is 29.4 Å². The van der Waals surface area contributed by atoms with E-state index < -0.39 is 5.97 Å². The van der Waals surface area contributed by atoms with Crippen LogP contribution in [0.15, 0.2) is 17.5 Å². The Labute approximate surface area is 121 Å². The molecule has 7 heteroatoms. The van der Waals surface area contributed by atoms with Gasteiger partial charge in [0.25, 0.3) is 5.91 Å². The summed E-state index contributed by atoms with van der Waals surface area (Å²) >= 11 is 1.34. The minimum atomic E-state index is -0.928. The highest BCUT2D eigenvalue weighted by Crippen LogP contribution is 2.07. The fraction of sp³-hybridized carbons (Fsp3) is 0.462. The molecular formula is C13H18N2O4S. The zero-order chi connectivity index (χ0) is 15.0. The van der Waals surface area contributed by atoms with Crippen molar-refractivity contribution in [3.63, 3.8) is 0 Å². The molecule has 0 fully saturated rings. The molecule has 0 aliphatic heterocycles. The van der Waals surface area contributed by atoms with Crippen LogP contribution >= 0.6 is 11.3 Å². The van der Waals surface area contributed by atoms with E-state index in [1.54, 1.807) is 19.1 Å². The smallest absolute Gasteiger partial charge is 0.305 e. The summed E-state index contributed by atoms with van der Waals surface area (Å²) < 4.78 is 0. The molecule has 0 aliphatic rings. The van der Waals surface area contributed by atoms with Crippen LogP contribution in [0, 0.1) is 0 Å². The van der Waals surface area contributed by atoms with Crippen LogP contribution in [0.5, 0.6) is 0 Å². The number of rotatable bonds is 8. The van der Waals surface area contributed by atoms with Gasteiger partial charge >= 0.3 is 5.97 Å². The van der Waals surface area contributed by atoms with Crippen LogP contribution < -0.4 is 5.32 Å². The maximum Gasteiger partial charge on any atom is 0.305 e. The van der Waals surface area contributed by atoms with E-state index in [4.69, 9.17) is 5.11 Å².